The van der Waals surface area contributed by atoms with Gasteiger partial charge in [-0.2, -0.15) is 0 Å². The number of nitrogens with zero attached hydrogens (tertiary/aromatic N) is 1. The van der Waals surface area contributed by atoms with Gasteiger partial charge in [0, 0.05) is 30.7 Å². The Morgan fingerprint density at radius 3 is 1.82 bits per heavy atom. The Bertz CT molecular complexity index is 1260. The molecule has 0 unspecified atom stereocenters. The van der Waals surface area contributed by atoms with Crippen molar-refractivity contribution in [1.29, 1.82) is 0 Å². The number of Topliss-reactive ketones (excluding diaryl/α,β-unsaturated/α-hetero) is 1. The Hall–Kier alpha value is -3.38. The van der Waals surface area contributed by atoms with Gasteiger partial charge in [0.25, 0.3) is 0 Å². The van der Waals surface area contributed by atoms with E-state index in [4.69, 9.17) is 0 Å². The van der Waals surface area contributed by atoms with Crippen molar-refractivity contribution in [2.24, 2.45) is 4.99 Å². The molecule has 3 aromatic carbocycles. The predicted octanol–water partition coefficient (Wildman–Crippen LogP) is 6.24. The molecule has 0 bridgehead atoms. The van der Waals surface area contributed by atoms with Gasteiger partial charge in [-0.3, -0.25) is 9.79 Å². The smallest absolute Gasteiger partial charge is 0.175 e. The summed E-state index contributed by atoms with van der Waals surface area (Å²) in [6.07, 6.45) is 2.67. The van der Waals surface area contributed by atoms with Crippen molar-refractivity contribution < 1.29 is 17.6 Å². The molecule has 4 nitrogen and oxygen atoms in total. The fraction of sp³-hybridized carbons (Fsp3) is 0.214. The average molecular weight is 480 g/mol. The van der Waals surface area contributed by atoms with Gasteiger partial charge in [-0.15, -0.1) is 0 Å². The van der Waals surface area contributed by atoms with E-state index < -0.39 is 15.7 Å². The lowest BCUT2D eigenvalue weighted by molar-refractivity contribution is -0.111. The lowest BCUT2D eigenvalue weighted by Gasteiger charge is -2.11. The number of sulfone groups is 1. The van der Waals surface area contributed by atoms with Crippen molar-refractivity contribution in [3.05, 3.63) is 101 Å². The maximum atomic E-state index is 13.2. The van der Waals surface area contributed by atoms with Gasteiger partial charge in [0.05, 0.1) is 4.90 Å². The van der Waals surface area contributed by atoms with Crippen molar-refractivity contribution in [2.45, 2.75) is 31.6 Å². The summed E-state index contributed by atoms with van der Waals surface area (Å²) in [7, 11) is -1.73. The molecule has 0 saturated heterocycles. The van der Waals surface area contributed by atoms with E-state index in [9.17, 15) is 17.6 Å². The van der Waals surface area contributed by atoms with Crippen molar-refractivity contribution in [3.8, 4) is 0 Å². The first-order valence-corrected chi connectivity index (χ1v) is 12.7. The monoisotopic (exact) mass is 479 g/mol. The van der Waals surface area contributed by atoms with E-state index in [1.807, 2.05) is 6.07 Å². The maximum absolute atomic E-state index is 13.2. The second kappa shape index (κ2) is 12.2. The number of rotatable bonds is 6. The molecular weight excluding hydrogens is 449 g/mol. The molecule has 3 aromatic rings. The molecule has 0 fully saturated rings. The minimum Gasteiger partial charge on any atom is -0.296 e. The minimum absolute atomic E-state index is 0.190. The molecule has 3 rings (SSSR count). The van der Waals surface area contributed by atoms with E-state index in [1.54, 1.807) is 19.2 Å². The fourth-order valence-corrected chi connectivity index (χ4v) is 3.93. The normalized spacial score (nSPS) is 12.2. The molecule has 0 saturated carbocycles. The van der Waals surface area contributed by atoms with Crippen LogP contribution in [0.3, 0.4) is 0 Å². The van der Waals surface area contributed by atoms with Crippen LogP contribution in [0.1, 0.15) is 43.4 Å². The third kappa shape index (κ3) is 7.59. The van der Waals surface area contributed by atoms with E-state index >= 15 is 0 Å². The average Bonchev–Trinajstić information content (AvgIpc) is 2.80. The number of benzene rings is 3. The van der Waals surface area contributed by atoms with Gasteiger partial charge >= 0.3 is 0 Å². The van der Waals surface area contributed by atoms with Crippen LogP contribution in [0.25, 0.3) is 11.1 Å². The highest BCUT2D eigenvalue weighted by molar-refractivity contribution is 7.90. The molecule has 6 heteroatoms. The van der Waals surface area contributed by atoms with Crippen LogP contribution in [-0.4, -0.2) is 33.7 Å². The highest BCUT2D eigenvalue weighted by Crippen LogP contribution is 2.27. The largest absolute Gasteiger partial charge is 0.296 e. The van der Waals surface area contributed by atoms with Crippen molar-refractivity contribution in [2.75, 3.05) is 13.3 Å². The number of allylic oxidation sites excluding steroid dienone is 2. The highest BCUT2D eigenvalue weighted by Gasteiger charge is 2.16. The number of carbonyl (C=O) groups is 1. The second-order valence-corrected chi connectivity index (χ2v) is 10.1. The first kappa shape index (κ1) is 26.9. The Morgan fingerprint density at radius 2 is 1.41 bits per heavy atom. The van der Waals surface area contributed by atoms with E-state index in [0.717, 1.165) is 6.26 Å². The first-order valence-electron chi connectivity index (χ1n) is 10.8. The van der Waals surface area contributed by atoms with Gasteiger partial charge in [-0.05, 0) is 53.8 Å². The van der Waals surface area contributed by atoms with Crippen molar-refractivity contribution in [1.82, 2.24) is 0 Å². The summed E-state index contributed by atoms with van der Waals surface area (Å²) in [5.41, 5.74) is 3.56. The standard InChI is InChI=1S/C19H18FNO3S.C9H12/c1-13(22)19(15-4-8-16(20)9-5-15)18(12-21-2)14-6-10-17(11-7-14)25(3,23)24;1-8(2)9-6-4-3-5-7-9/h4-12H,1-3H3;3-8H,1-2H3/b19-18-,21-12?;. The quantitative estimate of drug-likeness (QED) is 0.239. The highest BCUT2D eigenvalue weighted by atomic mass is 32.2. The minimum atomic E-state index is -3.31. The summed E-state index contributed by atoms with van der Waals surface area (Å²) < 4.78 is 36.4. The summed E-state index contributed by atoms with van der Waals surface area (Å²) >= 11 is 0. The molecule has 0 spiro atoms. The molecule has 0 aromatic heterocycles. The predicted molar refractivity (Wildman–Crippen MR) is 138 cm³/mol. The van der Waals surface area contributed by atoms with Crippen LogP contribution < -0.4 is 0 Å². The molecular formula is C28H30FNO3S. The SMILES string of the molecule is CC(C)c1ccccc1.CN=C/C(=C(\C(C)=O)c1ccc(F)cc1)c1ccc(S(C)(=O)=O)cc1. The number of ketones is 1. The number of aliphatic imine (C=N–C) groups is 1. The summed E-state index contributed by atoms with van der Waals surface area (Å²) in [6, 6.07) is 22.4. The Morgan fingerprint density at radius 1 is 0.882 bits per heavy atom. The molecule has 178 valence electrons. The van der Waals surface area contributed by atoms with Gasteiger partial charge in [0.2, 0.25) is 0 Å². The van der Waals surface area contributed by atoms with E-state index in [0.29, 0.717) is 28.2 Å². The lowest BCUT2D eigenvalue weighted by Crippen LogP contribution is -2.03. The van der Waals surface area contributed by atoms with Crippen molar-refractivity contribution >= 4 is 33.0 Å². The maximum Gasteiger partial charge on any atom is 0.175 e. The summed E-state index contributed by atoms with van der Waals surface area (Å²) in [5.74, 6) is 0.0646. The zero-order valence-corrected chi connectivity index (χ0v) is 20.9. The summed E-state index contributed by atoms with van der Waals surface area (Å²) in [5, 5.41) is 0. The first-order chi connectivity index (χ1) is 16.0. The molecule has 0 aliphatic rings. The van der Waals surface area contributed by atoms with E-state index in [-0.39, 0.29) is 10.7 Å². The molecule has 34 heavy (non-hydrogen) atoms. The molecule has 0 radical (unpaired) electrons. The third-order valence-corrected chi connectivity index (χ3v) is 6.20. The summed E-state index contributed by atoms with van der Waals surface area (Å²) in [6.45, 7) is 5.83. The van der Waals surface area contributed by atoms with Gasteiger partial charge < -0.3 is 0 Å². The molecule has 0 aliphatic carbocycles. The van der Waals surface area contributed by atoms with Crippen LogP contribution in [-0.2, 0) is 14.6 Å². The van der Waals surface area contributed by atoms with Gasteiger partial charge in [0.1, 0.15) is 5.82 Å². The topological polar surface area (TPSA) is 63.6 Å². The van der Waals surface area contributed by atoms with Crippen LogP contribution in [0.4, 0.5) is 4.39 Å². The lowest BCUT2D eigenvalue weighted by atomic mass is 9.93. The van der Waals surface area contributed by atoms with Crippen LogP contribution in [0.5, 0.6) is 0 Å². The fourth-order valence-electron chi connectivity index (χ4n) is 3.30. The summed E-state index contributed by atoms with van der Waals surface area (Å²) in [4.78, 5) is 16.4. The molecule has 0 amide bonds. The van der Waals surface area contributed by atoms with E-state index in [1.165, 1.54) is 55.1 Å². The molecule has 0 aliphatic heterocycles. The van der Waals surface area contributed by atoms with Gasteiger partial charge in [-0.25, -0.2) is 12.8 Å². The third-order valence-electron chi connectivity index (χ3n) is 5.07. The Balaban J connectivity index is 0.000000379. The van der Waals surface area contributed by atoms with Gasteiger partial charge in [0.15, 0.2) is 15.6 Å². The van der Waals surface area contributed by atoms with Crippen LogP contribution in [0.15, 0.2) is 88.8 Å². The number of hydrogen-bond donors (Lipinski definition) is 0. The van der Waals surface area contributed by atoms with Crippen LogP contribution in [0.2, 0.25) is 0 Å². The molecule has 0 atom stereocenters. The van der Waals surface area contributed by atoms with E-state index in [2.05, 4.69) is 43.1 Å². The number of halogens is 1. The molecule has 0 heterocycles. The zero-order chi connectivity index (χ0) is 25.3. The zero-order valence-electron chi connectivity index (χ0n) is 20.1. The number of carbonyl (C=O) groups excluding carboxylic acids is 1. The number of hydrogen-bond acceptors (Lipinski definition) is 4. The van der Waals surface area contributed by atoms with Crippen molar-refractivity contribution in [3.63, 3.8) is 0 Å². The Kier molecular flexibility index (Phi) is 9.63. The molecule has 0 N–H and O–H groups in total. The van der Waals surface area contributed by atoms with Crippen LogP contribution in [0, 0.1) is 5.82 Å². The second-order valence-electron chi connectivity index (χ2n) is 8.10. The van der Waals surface area contributed by atoms with Crippen LogP contribution >= 0.6 is 0 Å². The van der Waals surface area contributed by atoms with Gasteiger partial charge in [-0.1, -0.05) is 68.4 Å². The Labute approximate surface area is 201 Å².